The van der Waals surface area contributed by atoms with Crippen molar-refractivity contribution >= 4 is 22.1 Å². The standard InChI is InChI=1S/C28H33F3N6O8S/c1-5-26(38)44-20(3)45-34-37(40)35(4)16-6-7-17-43-27(39)33-46(41,42)23-14-12-22(13-15-23)36-24(18-25(32-36)28(29,30)31)21-10-8-19(2)9-11-21/h8-15,18,20H,5-7,16-17H2,1-4H3,(H,33,39). The normalized spacial score (nSPS) is 12.7. The average Bonchev–Trinajstić information content (AvgIpc) is 3.46. The van der Waals surface area contributed by atoms with Gasteiger partial charge in [-0.05, 0) is 50.1 Å². The molecule has 0 fully saturated rings. The lowest BCUT2D eigenvalue weighted by molar-refractivity contribution is -0.707. The highest BCUT2D eigenvalue weighted by Crippen LogP contribution is 2.33. The number of unbranched alkanes of at least 4 members (excludes halogenated alkanes) is 1. The zero-order chi connectivity index (χ0) is 34.1. The molecule has 0 saturated heterocycles. The maximum atomic E-state index is 13.5. The molecule has 0 saturated carbocycles. The van der Waals surface area contributed by atoms with Crippen LogP contribution in [-0.4, -0.2) is 66.7 Å². The van der Waals surface area contributed by atoms with Gasteiger partial charge in [-0.1, -0.05) is 36.8 Å². The van der Waals surface area contributed by atoms with Gasteiger partial charge in [0, 0.05) is 18.9 Å². The van der Waals surface area contributed by atoms with E-state index in [1.165, 1.54) is 26.1 Å². The van der Waals surface area contributed by atoms with Gasteiger partial charge in [0.2, 0.25) is 5.28 Å². The van der Waals surface area contributed by atoms with Crippen molar-refractivity contribution in [3.05, 3.63) is 71.1 Å². The minimum atomic E-state index is -4.71. The number of aryl methyl sites for hydroxylation is 1. The molecule has 0 aliphatic rings. The molecule has 0 aliphatic carbocycles. The number of rotatable bonds is 14. The Morgan fingerprint density at radius 1 is 1.13 bits per heavy atom. The van der Waals surface area contributed by atoms with Crippen LogP contribution in [0.4, 0.5) is 18.0 Å². The number of carbonyl (C=O) groups excluding carboxylic acids is 2. The first kappa shape index (κ1) is 35.6. The highest BCUT2D eigenvalue weighted by Gasteiger charge is 2.35. The quantitative estimate of drug-likeness (QED) is 0.0608. The number of nitrogens with one attached hydrogen (secondary N) is 1. The topological polar surface area (TPSA) is 167 Å². The van der Waals surface area contributed by atoms with E-state index in [1.807, 2.05) is 6.92 Å². The van der Waals surface area contributed by atoms with Gasteiger partial charge in [0.15, 0.2) is 5.69 Å². The van der Waals surface area contributed by atoms with Crippen molar-refractivity contribution in [1.29, 1.82) is 0 Å². The number of hydrogen-bond donors (Lipinski definition) is 1. The lowest BCUT2D eigenvalue weighted by atomic mass is 10.1. The molecule has 1 N–H and O–H groups in total. The third kappa shape index (κ3) is 10.1. The van der Waals surface area contributed by atoms with Gasteiger partial charge in [-0.15, -0.1) is 5.01 Å². The predicted octanol–water partition coefficient (Wildman–Crippen LogP) is 5.10. The van der Waals surface area contributed by atoms with Crippen molar-refractivity contribution in [2.45, 2.75) is 57.4 Å². The molecule has 1 amide bonds. The largest absolute Gasteiger partial charge is 0.569 e. The molecular formula is C28H33F3N6O8S. The average molecular weight is 671 g/mol. The van der Waals surface area contributed by atoms with Gasteiger partial charge in [-0.2, -0.15) is 18.3 Å². The van der Waals surface area contributed by atoms with Crippen LogP contribution in [0.3, 0.4) is 0 Å². The Hall–Kier alpha value is -4.87. The molecule has 1 aromatic heterocycles. The third-order valence-corrected chi connectivity index (χ3v) is 7.54. The van der Waals surface area contributed by atoms with Crippen LogP contribution in [0.25, 0.3) is 16.9 Å². The number of nitrogens with zero attached hydrogens (tertiary/aromatic N) is 5. The second kappa shape index (κ2) is 15.4. The molecule has 14 nitrogen and oxygen atoms in total. The molecule has 3 aromatic rings. The fraction of sp³-hybridized carbons (Fsp3) is 0.393. The zero-order valence-electron chi connectivity index (χ0n) is 25.4. The van der Waals surface area contributed by atoms with Crippen LogP contribution in [0.1, 0.15) is 44.4 Å². The second-order valence-corrected chi connectivity index (χ2v) is 11.5. The van der Waals surface area contributed by atoms with Crippen molar-refractivity contribution in [3.63, 3.8) is 0 Å². The van der Waals surface area contributed by atoms with Gasteiger partial charge >= 0.3 is 18.2 Å². The molecule has 250 valence electrons. The summed E-state index contributed by atoms with van der Waals surface area (Å²) in [5, 5.41) is 20.0. The van der Waals surface area contributed by atoms with Gasteiger partial charge in [-0.25, -0.2) is 22.6 Å². The zero-order valence-corrected chi connectivity index (χ0v) is 26.2. The number of alkyl halides is 3. The summed E-state index contributed by atoms with van der Waals surface area (Å²) in [5.74, 6) is -0.521. The molecule has 1 unspecified atom stereocenters. The van der Waals surface area contributed by atoms with Gasteiger partial charge in [0.25, 0.3) is 16.3 Å². The molecule has 46 heavy (non-hydrogen) atoms. The molecule has 0 aliphatic heterocycles. The first-order valence-corrected chi connectivity index (χ1v) is 15.4. The number of benzene rings is 2. The number of ether oxygens (including phenoxy) is 2. The van der Waals surface area contributed by atoms with E-state index in [1.54, 1.807) is 35.9 Å². The summed E-state index contributed by atoms with van der Waals surface area (Å²) in [6, 6.07) is 12.4. The number of hydrazine groups is 1. The Kier molecular flexibility index (Phi) is 11.9. The number of amides is 1. The summed E-state index contributed by atoms with van der Waals surface area (Å²) < 4.78 is 78.4. The van der Waals surface area contributed by atoms with E-state index in [4.69, 9.17) is 14.3 Å². The van der Waals surface area contributed by atoms with Crippen molar-refractivity contribution in [2.75, 3.05) is 20.2 Å². The van der Waals surface area contributed by atoms with E-state index < -0.39 is 40.2 Å². The molecule has 1 heterocycles. The second-order valence-electron chi connectivity index (χ2n) is 9.86. The number of hydrogen-bond acceptors (Lipinski definition) is 10. The summed E-state index contributed by atoms with van der Waals surface area (Å²) in [7, 11) is -2.97. The SMILES string of the molecule is CCC(=O)OC(C)ON=[N+]([O-])N(C)CCCCOC(=O)NS(=O)(=O)c1ccc(-n2nc(C(F)(F)F)cc2-c2ccc(C)cc2)cc1. The van der Waals surface area contributed by atoms with Gasteiger partial charge in [0.1, 0.15) is 0 Å². The van der Waals surface area contributed by atoms with Crippen molar-refractivity contribution in [1.82, 2.24) is 19.5 Å². The fourth-order valence-corrected chi connectivity index (χ4v) is 4.65. The van der Waals surface area contributed by atoms with Crippen LogP contribution in [0.15, 0.2) is 64.8 Å². The Labute approximate surface area is 262 Å². The maximum Gasteiger partial charge on any atom is 0.435 e. The minimum Gasteiger partial charge on any atom is -0.569 e. The van der Waals surface area contributed by atoms with Crippen molar-refractivity contribution in [3.8, 4) is 16.9 Å². The Bertz CT molecular complexity index is 1630. The lowest BCUT2D eigenvalue weighted by Crippen LogP contribution is -2.31. The first-order chi connectivity index (χ1) is 21.6. The van der Waals surface area contributed by atoms with Gasteiger partial charge in [-0.3, -0.25) is 9.63 Å². The summed E-state index contributed by atoms with van der Waals surface area (Å²) in [4.78, 5) is 27.9. The van der Waals surface area contributed by atoms with E-state index in [2.05, 4.69) is 10.4 Å². The lowest BCUT2D eigenvalue weighted by Gasteiger charge is -2.14. The maximum absolute atomic E-state index is 13.5. The predicted molar refractivity (Wildman–Crippen MR) is 155 cm³/mol. The molecule has 0 spiro atoms. The molecule has 18 heteroatoms. The third-order valence-electron chi connectivity index (χ3n) is 6.21. The fourth-order valence-electron chi connectivity index (χ4n) is 3.76. The summed E-state index contributed by atoms with van der Waals surface area (Å²) in [6.45, 7) is 4.82. The molecule has 1 atom stereocenters. The van der Waals surface area contributed by atoms with E-state index >= 15 is 0 Å². The number of halogens is 3. The Morgan fingerprint density at radius 3 is 2.39 bits per heavy atom. The summed E-state index contributed by atoms with van der Waals surface area (Å²) >= 11 is 0. The van der Waals surface area contributed by atoms with Crippen LogP contribution in [0.2, 0.25) is 0 Å². The Morgan fingerprint density at radius 2 is 1.78 bits per heavy atom. The van der Waals surface area contributed by atoms with E-state index in [0.717, 1.165) is 33.5 Å². The monoisotopic (exact) mass is 670 g/mol. The van der Waals surface area contributed by atoms with Crippen LogP contribution < -0.4 is 4.72 Å². The molecule has 0 radical (unpaired) electrons. The number of carbonyl (C=O) groups is 2. The van der Waals surface area contributed by atoms with E-state index in [0.29, 0.717) is 12.0 Å². The highest BCUT2D eigenvalue weighted by atomic mass is 32.2. The van der Waals surface area contributed by atoms with Crippen LogP contribution in [0.5, 0.6) is 0 Å². The number of aromatic nitrogens is 2. The Balaban J connectivity index is 1.54. The highest BCUT2D eigenvalue weighted by molar-refractivity contribution is 7.90. The smallest absolute Gasteiger partial charge is 0.435 e. The van der Waals surface area contributed by atoms with Gasteiger partial charge < -0.3 is 14.7 Å². The number of sulfonamides is 1. The van der Waals surface area contributed by atoms with Crippen LogP contribution in [-0.2, 0) is 35.3 Å². The minimum absolute atomic E-state index is 0.133. The summed E-state index contributed by atoms with van der Waals surface area (Å²) in [6.07, 6.45) is -6.27. The summed E-state index contributed by atoms with van der Waals surface area (Å²) in [5.41, 5.74) is 0.560. The molecule has 0 bridgehead atoms. The van der Waals surface area contributed by atoms with Crippen molar-refractivity contribution < 1.29 is 50.5 Å². The number of esters is 1. The van der Waals surface area contributed by atoms with Crippen LogP contribution >= 0.6 is 0 Å². The molecular weight excluding hydrogens is 637 g/mol. The van der Waals surface area contributed by atoms with E-state index in [9.17, 15) is 36.4 Å². The van der Waals surface area contributed by atoms with Gasteiger partial charge in [0.05, 0.1) is 41.4 Å². The van der Waals surface area contributed by atoms with Crippen LogP contribution in [0, 0.1) is 12.1 Å². The van der Waals surface area contributed by atoms with Crippen molar-refractivity contribution in [2.24, 2.45) is 5.28 Å². The molecule has 2 aromatic carbocycles. The molecule has 3 rings (SSSR count). The van der Waals surface area contributed by atoms with E-state index in [-0.39, 0.29) is 47.2 Å². The first-order valence-electron chi connectivity index (χ1n) is 13.9.